The Hall–Kier alpha value is -0.820. The molecule has 0 saturated carbocycles. The van der Waals surface area contributed by atoms with Crippen molar-refractivity contribution in [2.45, 2.75) is 64.0 Å². The minimum atomic E-state index is -1.81. The Bertz CT molecular complexity index is 374. The molecule has 1 N–H and O–H groups in total. The summed E-state index contributed by atoms with van der Waals surface area (Å²) >= 11 is 0. The van der Waals surface area contributed by atoms with Crippen LogP contribution in [0, 0.1) is 0 Å². The molecule has 0 aromatic rings. The fourth-order valence-corrected chi connectivity index (χ4v) is 2.45. The lowest BCUT2D eigenvalue weighted by Gasteiger charge is -2.29. The average molecular weight is 258 g/mol. The van der Waals surface area contributed by atoms with Crippen molar-refractivity contribution in [3.63, 3.8) is 0 Å². The molecule has 102 valence electrons. The van der Waals surface area contributed by atoms with Gasteiger partial charge in [-0.05, 0) is 27.7 Å². The Morgan fingerprint density at radius 1 is 1.00 bits per heavy atom. The van der Waals surface area contributed by atoms with Crippen LogP contribution in [0.25, 0.3) is 0 Å². The SMILES string of the molecule is CC(=O)[C@@]1(C)O[C@@]2(C)O[C@](C)(C(C)=O)C[C@@]2(O)O1. The zero-order valence-corrected chi connectivity index (χ0v) is 11.2. The smallest absolute Gasteiger partial charge is 0.231 e. The molecule has 2 aliphatic rings. The van der Waals surface area contributed by atoms with Gasteiger partial charge < -0.3 is 19.3 Å². The van der Waals surface area contributed by atoms with Gasteiger partial charge >= 0.3 is 0 Å². The van der Waals surface area contributed by atoms with Gasteiger partial charge in [-0.25, -0.2) is 0 Å². The number of hydrogen-bond acceptors (Lipinski definition) is 6. The molecule has 4 atom stereocenters. The Kier molecular flexibility index (Phi) is 2.56. The fourth-order valence-electron chi connectivity index (χ4n) is 2.45. The van der Waals surface area contributed by atoms with Crippen molar-refractivity contribution < 1.29 is 28.9 Å². The van der Waals surface area contributed by atoms with Gasteiger partial charge in [-0.2, -0.15) is 0 Å². The molecule has 2 aliphatic heterocycles. The molecule has 6 nitrogen and oxygen atoms in total. The summed E-state index contributed by atoms with van der Waals surface area (Å²) in [5.74, 6) is -5.51. The molecule has 0 aliphatic carbocycles. The molecule has 0 amide bonds. The first-order chi connectivity index (χ1) is 7.97. The molecular formula is C12H18O6. The van der Waals surface area contributed by atoms with E-state index in [1.54, 1.807) is 6.92 Å². The highest BCUT2D eigenvalue weighted by Gasteiger charge is 2.73. The van der Waals surface area contributed by atoms with Crippen LogP contribution in [0.1, 0.15) is 41.0 Å². The van der Waals surface area contributed by atoms with Gasteiger partial charge in [-0.3, -0.25) is 9.59 Å². The van der Waals surface area contributed by atoms with Crippen molar-refractivity contribution in [2.24, 2.45) is 0 Å². The van der Waals surface area contributed by atoms with Crippen molar-refractivity contribution in [3.05, 3.63) is 0 Å². The summed E-state index contributed by atoms with van der Waals surface area (Å²) in [6, 6.07) is 0. The van der Waals surface area contributed by atoms with Gasteiger partial charge in [0.25, 0.3) is 0 Å². The summed E-state index contributed by atoms with van der Waals surface area (Å²) in [5.41, 5.74) is -1.18. The maximum Gasteiger partial charge on any atom is 0.231 e. The number of ketones is 2. The van der Waals surface area contributed by atoms with E-state index in [1.807, 2.05) is 0 Å². The predicted octanol–water partition coefficient (Wildman–Crippen LogP) is 0.511. The largest absolute Gasteiger partial charge is 0.361 e. The number of fused-ring (bicyclic) bond motifs is 1. The summed E-state index contributed by atoms with van der Waals surface area (Å²) in [7, 11) is 0. The lowest BCUT2D eigenvalue weighted by Crippen LogP contribution is -2.45. The van der Waals surface area contributed by atoms with E-state index < -0.39 is 23.0 Å². The quantitative estimate of drug-likeness (QED) is 0.777. The second-order valence-electron chi connectivity index (χ2n) is 5.50. The number of hydrogen-bond donors (Lipinski definition) is 1. The van der Waals surface area contributed by atoms with Gasteiger partial charge in [0.2, 0.25) is 17.4 Å². The van der Waals surface area contributed by atoms with Crippen LogP contribution in [0.4, 0.5) is 0 Å². The van der Waals surface area contributed by atoms with Crippen molar-refractivity contribution >= 4 is 11.6 Å². The van der Waals surface area contributed by atoms with E-state index in [0.717, 1.165) is 0 Å². The molecule has 0 aromatic carbocycles. The monoisotopic (exact) mass is 258 g/mol. The number of rotatable bonds is 2. The first-order valence-electron chi connectivity index (χ1n) is 5.81. The van der Waals surface area contributed by atoms with E-state index >= 15 is 0 Å². The average Bonchev–Trinajstić information content (AvgIpc) is 2.43. The van der Waals surface area contributed by atoms with Crippen LogP contribution in [0.3, 0.4) is 0 Å². The molecule has 0 spiro atoms. The second-order valence-corrected chi connectivity index (χ2v) is 5.50. The van der Waals surface area contributed by atoms with Crippen LogP contribution < -0.4 is 0 Å². The van der Waals surface area contributed by atoms with Crippen LogP contribution in [0.15, 0.2) is 0 Å². The molecule has 2 fully saturated rings. The molecule has 0 unspecified atom stereocenters. The summed E-state index contributed by atoms with van der Waals surface area (Å²) in [5, 5.41) is 10.5. The summed E-state index contributed by atoms with van der Waals surface area (Å²) < 4.78 is 16.4. The van der Waals surface area contributed by atoms with E-state index in [1.165, 1.54) is 27.7 Å². The number of carbonyl (C=O) groups is 2. The zero-order valence-electron chi connectivity index (χ0n) is 11.2. The van der Waals surface area contributed by atoms with Crippen LogP contribution >= 0.6 is 0 Å². The van der Waals surface area contributed by atoms with E-state index in [-0.39, 0.29) is 18.0 Å². The molecule has 2 rings (SSSR count). The van der Waals surface area contributed by atoms with Crippen molar-refractivity contribution in [1.82, 2.24) is 0 Å². The van der Waals surface area contributed by atoms with Gasteiger partial charge in [0, 0.05) is 13.3 Å². The van der Waals surface area contributed by atoms with E-state index in [9.17, 15) is 14.7 Å². The van der Waals surface area contributed by atoms with Crippen molar-refractivity contribution in [3.8, 4) is 0 Å². The third-order valence-corrected chi connectivity index (χ3v) is 3.84. The van der Waals surface area contributed by atoms with Gasteiger partial charge in [0.15, 0.2) is 11.6 Å². The number of aliphatic hydroxyl groups is 1. The highest BCUT2D eigenvalue weighted by atomic mass is 16.9. The van der Waals surface area contributed by atoms with E-state index in [0.29, 0.717) is 0 Å². The molecule has 2 saturated heterocycles. The number of carbonyl (C=O) groups excluding carboxylic acids is 2. The summed E-state index contributed by atoms with van der Waals surface area (Å²) in [6.45, 7) is 7.13. The Morgan fingerprint density at radius 3 is 1.94 bits per heavy atom. The minimum absolute atomic E-state index is 0.0747. The molecule has 0 radical (unpaired) electrons. The number of ether oxygens (including phenoxy) is 3. The number of Topliss-reactive ketones (excluding diaryl/α,β-unsaturated/α-hetero) is 2. The fraction of sp³-hybridized carbons (Fsp3) is 0.833. The van der Waals surface area contributed by atoms with Gasteiger partial charge in [0.05, 0.1) is 0 Å². The first-order valence-corrected chi connectivity index (χ1v) is 5.81. The zero-order chi connectivity index (χ0) is 14.0. The molecule has 6 heteroatoms. The normalized spacial score (nSPS) is 51.2. The Labute approximate surface area is 105 Å². The maximum atomic E-state index is 11.6. The predicted molar refractivity (Wildman–Crippen MR) is 59.4 cm³/mol. The molecular weight excluding hydrogens is 240 g/mol. The van der Waals surface area contributed by atoms with Crippen molar-refractivity contribution in [2.75, 3.05) is 0 Å². The van der Waals surface area contributed by atoms with Crippen molar-refractivity contribution in [1.29, 1.82) is 0 Å². The third-order valence-electron chi connectivity index (χ3n) is 3.84. The highest BCUT2D eigenvalue weighted by Crippen LogP contribution is 2.55. The van der Waals surface area contributed by atoms with Gasteiger partial charge in [-0.1, -0.05) is 0 Å². The Balaban J connectivity index is 2.37. The topological polar surface area (TPSA) is 82.1 Å². The molecule has 0 aromatic heterocycles. The first kappa shape index (κ1) is 13.6. The summed E-state index contributed by atoms with van der Waals surface area (Å²) in [4.78, 5) is 23.1. The van der Waals surface area contributed by atoms with Crippen LogP contribution in [-0.4, -0.2) is 39.6 Å². The standard InChI is InChI=1S/C12H18O6/c1-7(13)9(3)6-12(15)11(5,16-9)17-10(4,18-12)8(2)14/h15H,6H2,1-5H3/t9-,10-,11+,12+/m0/s1. The van der Waals surface area contributed by atoms with Crippen LogP contribution in [0.2, 0.25) is 0 Å². The van der Waals surface area contributed by atoms with E-state index in [2.05, 4.69) is 0 Å². The lowest BCUT2D eigenvalue weighted by atomic mass is 9.94. The molecule has 2 heterocycles. The summed E-state index contributed by atoms with van der Waals surface area (Å²) in [6.07, 6.45) is -0.0747. The van der Waals surface area contributed by atoms with Gasteiger partial charge in [-0.15, -0.1) is 0 Å². The minimum Gasteiger partial charge on any atom is -0.361 e. The van der Waals surface area contributed by atoms with Gasteiger partial charge in [0.1, 0.15) is 5.60 Å². The Morgan fingerprint density at radius 2 is 1.56 bits per heavy atom. The van der Waals surface area contributed by atoms with E-state index in [4.69, 9.17) is 14.2 Å². The molecule has 18 heavy (non-hydrogen) atoms. The van der Waals surface area contributed by atoms with Crippen LogP contribution in [-0.2, 0) is 23.8 Å². The third kappa shape index (κ3) is 1.56. The van der Waals surface area contributed by atoms with Crippen LogP contribution in [0.5, 0.6) is 0 Å². The highest BCUT2D eigenvalue weighted by molar-refractivity contribution is 5.86. The lowest BCUT2D eigenvalue weighted by molar-refractivity contribution is -0.271. The maximum absolute atomic E-state index is 11.6. The molecule has 0 bridgehead atoms. The second kappa shape index (κ2) is 3.39.